The van der Waals surface area contributed by atoms with Gasteiger partial charge in [-0.1, -0.05) is 26.5 Å². The van der Waals surface area contributed by atoms with Crippen LogP contribution < -0.4 is 10.9 Å². The molecule has 3 aromatic heterocycles. The average Bonchev–Trinajstić information content (AvgIpc) is 3.00. The van der Waals surface area contributed by atoms with E-state index in [9.17, 15) is 19.5 Å². The summed E-state index contributed by atoms with van der Waals surface area (Å²) in [6, 6.07) is 6.18. The molecule has 4 aromatic rings. The lowest BCUT2D eigenvalue weighted by Crippen LogP contribution is -2.44. The number of amides is 2. The molecule has 1 aliphatic rings. The van der Waals surface area contributed by atoms with Gasteiger partial charge in [-0.2, -0.15) is 0 Å². The van der Waals surface area contributed by atoms with Gasteiger partial charge in [0.25, 0.3) is 11.5 Å². The first kappa shape index (κ1) is 31.5. The molecule has 2 amide bonds. The number of piperidine rings is 1. The summed E-state index contributed by atoms with van der Waals surface area (Å²) < 4.78 is 32.5. The van der Waals surface area contributed by atoms with Crippen molar-refractivity contribution < 1.29 is 23.5 Å². The fraction of sp³-hybridized carbons (Fsp3) is 0.324. The first-order valence-electron chi connectivity index (χ1n) is 14.8. The van der Waals surface area contributed by atoms with Gasteiger partial charge in [-0.15, -0.1) is 0 Å². The smallest absolute Gasteiger partial charge is 0.270 e. The Balaban J connectivity index is 1.95. The number of hydrogen-bond donors (Lipinski definition) is 2. The fourth-order valence-electron chi connectivity index (χ4n) is 6.37. The molecular formula is C34H35F2N5O4. The number of nitrogens with zero attached hydrogens (tertiary/aromatic N) is 4. The third-order valence-corrected chi connectivity index (χ3v) is 8.49. The molecule has 2 N–H and O–H groups in total. The Hall–Kier alpha value is -4.93. The number of rotatable bonds is 6. The average molecular weight is 616 g/mol. The highest BCUT2D eigenvalue weighted by Crippen LogP contribution is 2.40. The van der Waals surface area contributed by atoms with Crippen LogP contribution in [0.1, 0.15) is 72.6 Å². The number of hydrogen-bond acceptors (Lipinski definition) is 6. The van der Waals surface area contributed by atoms with E-state index in [1.54, 1.807) is 24.1 Å². The van der Waals surface area contributed by atoms with E-state index in [0.717, 1.165) is 12.1 Å². The van der Waals surface area contributed by atoms with Crippen LogP contribution in [0.5, 0.6) is 5.75 Å². The third-order valence-electron chi connectivity index (χ3n) is 8.49. The Bertz CT molecular complexity index is 1900. The predicted molar refractivity (Wildman–Crippen MR) is 168 cm³/mol. The van der Waals surface area contributed by atoms with Crippen LogP contribution in [0.3, 0.4) is 0 Å². The molecule has 1 saturated heterocycles. The number of aromatic nitrogens is 3. The standard InChI is InChI=1S/C34H35F2N5O4/c1-7-25(43)40-14-12-20(15-19(40)5)26-21-16-23(36)30(27-22(35)9-8-10-24(27)42)39-32(21)41(34(45)28(26)33(44)37-6)31-18(4)11-13-38-29(31)17(2)3/h7-11,13,16-17,19-20,42H,1,12,14-15H2,2-6H3,(H,37,44)/t19-,20?/m1/s1. The number of likely N-dealkylation sites (tertiary alicyclic amines) is 1. The van der Waals surface area contributed by atoms with Crippen molar-refractivity contribution in [3.8, 4) is 22.7 Å². The van der Waals surface area contributed by atoms with Gasteiger partial charge in [0.2, 0.25) is 5.91 Å². The van der Waals surface area contributed by atoms with E-state index in [0.29, 0.717) is 41.9 Å². The van der Waals surface area contributed by atoms with E-state index in [4.69, 9.17) is 0 Å². The first-order chi connectivity index (χ1) is 21.4. The molecule has 234 valence electrons. The molecule has 9 nitrogen and oxygen atoms in total. The molecule has 1 aliphatic heterocycles. The molecule has 5 rings (SSSR count). The summed E-state index contributed by atoms with van der Waals surface area (Å²) in [5, 5.41) is 13.3. The molecule has 0 spiro atoms. The van der Waals surface area contributed by atoms with E-state index < -0.39 is 46.0 Å². The summed E-state index contributed by atoms with van der Waals surface area (Å²) in [5.74, 6) is -3.85. The van der Waals surface area contributed by atoms with Crippen molar-refractivity contribution in [3.05, 3.63) is 93.6 Å². The number of halogens is 2. The lowest BCUT2D eigenvalue weighted by atomic mass is 9.81. The SMILES string of the molecule is C=CC(=O)N1CCC(c2c(C(=O)NC)c(=O)n(-c3c(C)ccnc3C(C)C)c3nc(-c4c(O)cccc4F)c(F)cc23)C[C@H]1C. The second kappa shape index (κ2) is 12.2. The number of carbonyl (C=O) groups is 2. The maximum Gasteiger partial charge on any atom is 0.270 e. The number of aryl methyl sites for hydroxylation is 1. The summed E-state index contributed by atoms with van der Waals surface area (Å²) in [6.45, 7) is 11.4. The van der Waals surface area contributed by atoms with Crippen LogP contribution in [0.25, 0.3) is 28.0 Å². The molecule has 11 heteroatoms. The van der Waals surface area contributed by atoms with Gasteiger partial charge in [0.05, 0.1) is 16.9 Å². The molecule has 1 unspecified atom stereocenters. The van der Waals surface area contributed by atoms with Crippen molar-refractivity contribution in [1.29, 1.82) is 0 Å². The number of nitrogens with one attached hydrogen (secondary N) is 1. The van der Waals surface area contributed by atoms with E-state index in [1.165, 1.54) is 29.8 Å². The predicted octanol–water partition coefficient (Wildman–Crippen LogP) is 5.50. The monoisotopic (exact) mass is 615 g/mol. The Kier molecular flexibility index (Phi) is 8.55. The molecule has 45 heavy (non-hydrogen) atoms. The number of pyridine rings is 3. The van der Waals surface area contributed by atoms with Gasteiger partial charge in [-0.25, -0.2) is 13.8 Å². The summed E-state index contributed by atoms with van der Waals surface area (Å²) in [6.07, 6.45) is 3.62. The van der Waals surface area contributed by atoms with Crippen molar-refractivity contribution in [2.75, 3.05) is 13.6 Å². The van der Waals surface area contributed by atoms with E-state index in [1.807, 2.05) is 20.8 Å². The van der Waals surface area contributed by atoms with Crippen molar-refractivity contribution in [2.45, 2.75) is 58.4 Å². The molecule has 1 fully saturated rings. The minimum atomic E-state index is -0.948. The zero-order valence-corrected chi connectivity index (χ0v) is 25.8. The molecule has 0 saturated carbocycles. The second-order valence-electron chi connectivity index (χ2n) is 11.7. The van der Waals surface area contributed by atoms with Gasteiger partial charge < -0.3 is 15.3 Å². The van der Waals surface area contributed by atoms with Crippen LogP contribution in [0.2, 0.25) is 0 Å². The van der Waals surface area contributed by atoms with Crippen molar-refractivity contribution in [1.82, 2.24) is 24.8 Å². The highest BCUT2D eigenvalue weighted by molar-refractivity contribution is 6.01. The topological polar surface area (TPSA) is 117 Å². The zero-order valence-electron chi connectivity index (χ0n) is 25.8. The minimum absolute atomic E-state index is 0.0167. The van der Waals surface area contributed by atoms with Crippen LogP contribution in [-0.4, -0.2) is 56.0 Å². The molecule has 1 aromatic carbocycles. The van der Waals surface area contributed by atoms with Crippen molar-refractivity contribution >= 4 is 22.8 Å². The van der Waals surface area contributed by atoms with Crippen molar-refractivity contribution in [2.24, 2.45) is 0 Å². The summed E-state index contributed by atoms with van der Waals surface area (Å²) >= 11 is 0. The van der Waals surface area contributed by atoms with Gasteiger partial charge in [0.1, 0.15) is 28.5 Å². The largest absolute Gasteiger partial charge is 0.507 e. The summed E-state index contributed by atoms with van der Waals surface area (Å²) in [4.78, 5) is 51.5. The number of carbonyl (C=O) groups excluding carboxylic acids is 2. The number of phenols is 1. The van der Waals surface area contributed by atoms with Crippen LogP contribution in [0.15, 0.2) is 54.0 Å². The Labute approximate surface area is 259 Å². The van der Waals surface area contributed by atoms with Crippen LogP contribution in [0.4, 0.5) is 8.78 Å². The fourth-order valence-corrected chi connectivity index (χ4v) is 6.37. The molecule has 0 radical (unpaired) electrons. The number of benzene rings is 1. The van der Waals surface area contributed by atoms with Crippen LogP contribution in [-0.2, 0) is 4.79 Å². The zero-order chi connectivity index (χ0) is 32.7. The normalized spacial score (nSPS) is 16.7. The summed E-state index contributed by atoms with van der Waals surface area (Å²) in [5.41, 5.74) is 0.0350. The quantitative estimate of drug-likeness (QED) is 0.277. The van der Waals surface area contributed by atoms with Gasteiger partial charge in [0, 0.05) is 31.2 Å². The van der Waals surface area contributed by atoms with E-state index >= 15 is 8.78 Å². The number of phenolic OH excluding ortho intramolecular Hbond substituents is 1. The highest BCUT2D eigenvalue weighted by atomic mass is 19.1. The Morgan fingerprint density at radius 1 is 1.20 bits per heavy atom. The Morgan fingerprint density at radius 2 is 1.93 bits per heavy atom. The number of aromatic hydroxyl groups is 1. The minimum Gasteiger partial charge on any atom is -0.507 e. The van der Waals surface area contributed by atoms with Crippen LogP contribution >= 0.6 is 0 Å². The third kappa shape index (κ3) is 5.36. The molecule has 0 aliphatic carbocycles. The lowest BCUT2D eigenvalue weighted by molar-refractivity contribution is -0.129. The Morgan fingerprint density at radius 3 is 2.56 bits per heavy atom. The van der Waals surface area contributed by atoms with Crippen molar-refractivity contribution in [3.63, 3.8) is 0 Å². The lowest BCUT2D eigenvalue weighted by Gasteiger charge is -2.38. The molecule has 4 heterocycles. The van der Waals surface area contributed by atoms with E-state index in [2.05, 4.69) is 21.9 Å². The number of fused-ring (bicyclic) bond motifs is 1. The van der Waals surface area contributed by atoms with Crippen LogP contribution in [0, 0.1) is 18.6 Å². The van der Waals surface area contributed by atoms with Gasteiger partial charge >= 0.3 is 0 Å². The first-order valence-corrected chi connectivity index (χ1v) is 14.8. The molecule has 2 atom stereocenters. The maximum atomic E-state index is 16.1. The highest BCUT2D eigenvalue weighted by Gasteiger charge is 2.35. The van der Waals surface area contributed by atoms with Gasteiger partial charge in [-0.05, 0) is 80.0 Å². The van der Waals surface area contributed by atoms with E-state index in [-0.39, 0.29) is 34.5 Å². The maximum absolute atomic E-state index is 16.1. The van der Waals surface area contributed by atoms with Gasteiger partial charge in [0.15, 0.2) is 5.82 Å². The molecule has 0 bridgehead atoms. The second-order valence-corrected chi connectivity index (χ2v) is 11.7. The summed E-state index contributed by atoms with van der Waals surface area (Å²) in [7, 11) is 1.41. The van der Waals surface area contributed by atoms with Gasteiger partial charge in [-0.3, -0.25) is 23.9 Å². The molecular weight excluding hydrogens is 580 g/mol.